The molecule has 0 unspecified atom stereocenters. The number of rotatable bonds is 4. The Bertz CT molecular complexity index is 941. The van der Waals surface area contributed by atoms with E-state index in [-0.39, 0.29) is 17.9 Å². The summed E-state index contributed by atoms with van der Waals surface area (Å²) in [6.45, 7) is -0.0972. The van der Waals surface area contributed by atoms with Crippen molar-refractivity contribution in [2.45, 2.75) is 30.3 Å². The average Bonchev–Trinajstić information content (AvgIpc) is 3.06. The van der Waals surface area contributed by atoms with Crippen LogP contribution in [0.2, 0.25) is 0 Å². The Labute approximate surface area is 156 Å². The molecule has 0 saturated heterocycles. The molecule has 1 amide bonds. The van der Waals surface area contributed by atoms with Crippen LogP contribution >= 0.6 is 11.3 Å². The summed E-state index contributed by atoms with van der Waals surface area (Å²) < 4.78 is 67.3. The Kier molecular flexibility index (Phi) is 5.16. The SMILES string of the molecule is O=C(NO)[C@H]1Cc2sccc2CN1S(=O)(=O)c1ccc(OC(F)(F)F)cc1. The van der Waals surface area contributed by atoms with E-state index in [1.165, 1.54) is 16.8 Å². The molecule has 1 atom stereocenters. The van der Waals surface area contributed by atoms with Crippen molar-refractivity contribution < 1.29 is 36.3 Å². The van der Waals surface area contributed by atoms with Crippen molar-refractivity contribution in [1.82, 2.24) is 9.79 Å². The second-order valence-corrected chi connectivity index (χ2v) is 8.53. The predicted octanol–water partition coefficient (Wildman–Crippen LogP) is 2.27. The van der Waals surface area contributed by atoms with Crippen molar-refractivity contribution in [2.24, 2.45) is 0 Å². The lowest BCUT2D eigenvalue weighted by Crippen LogP contribution is -2.51. The lowest BCUT2D eigenvalue weighted by molar-refractivity contribution is -0.274. The molecule has 0 fully saturated rings. The van der Waals surface area contributed by atoms with Gasteiger partial charge in [0.15, 0.2) is 0 Å². The Morgan fingerprint density at radius 1 is 1.26 bits per heavy atom. The van der Waals surface area contributed by atoms with Gasteiger partial charge in [-0.1, -0.05) is 0 Å². The third-order valence-electron chi connectivity index (χ3n) is 3.97. The number of hydrogen-bond donors (Lipinski definition) is 2. The number of nitrogens with zero attached hydrogens (tertiary/aromatic N) is 1. The van der Waals surface area contributed by atoms with Crippen LogP contribution in [0, 0.1) is 0 Å². The van der Waals surface area contributed by atoms with E-state index in [2.05, 4.69) is 4.74 Å². The zero-order valence-electron chi connectivity index (χ0n) is 13.4. The van der Waals surface area contributed by atoms with E-state index < -0.39 is 34.1 Å². The van der Waals surface area contributed by atoms with Crippen LogP contribution in [-0.4, -0.2) is 36.2 Å². The number of carbonyl (C=O) groups is 1. The maximum atomic E-state index is 13.0. The van der Waals surface area contributed by atoms with E-state index in [1.54, 1.807) is 11.4 Å². The maximum Gasteiger partial charge on any atom is 0.573 e. The fourth-order valence-corrected chi connectivity index (χ4v) is 5.24. The largest absolute Gasteiger partial charge is 0.573 e. The zero-order valence-corrected chi connectivity index (χ0v) is 15.1. The molecule has 2 aromatic rings. The maximum absolute atomic E-state index is 13.0. The summed E-state index contributed by atoms with van der Waals surface area (Å²) in [5.74, 6) is -1.46. The monoisotopic (exact) mass is 422 g/mol. The van der Waals surface area contributed by atoms with Crippen LogP contribution in [0.4, 0.5) is 13.2 Å². The second-order valence-electron chi connectivity index (χ2n) is 5.63. The standard InChI is InChI=1S/C15H13F3N2O5S2/c16-15(17,18)25-10-1-3-11(4-2-10)27(23,24)20-8-9-5-6-26-13(9)7-12(20)14(21)19-22/h1-6,12,22H,7-8H2,(H,19,21)/t12-/m1/s1. The minimum atomic E-state index is -4.90. The van der Waals surface area contributed by atoms with Gasteiger partial charge in [0, 0.05) is 17.8 Å². The highest BCUT2D eigenvalue weighted by Gasteiger charge is 2.40. The summed E-state index contributed by atoms with van der Waals surface area (Å²) in [5, 5.41) is 10.7. The van der Waals surface area contributed by atoms with Crippen molar-refractivity contribution >= 4 is 27.3 Å². The smallest absolute Gasteiger partial charge is 0.406 e. The predicted molar refractivity (Wildman–Crippen MR) is 87.6 cm³/mol. The number of halogens is 3. The zero-order chi connectivity index (χ0) is 19.8. The number of amides is 1. The van der Waals surface area contributed by atoms with Gasteiger partial charge in [0.25, 0.3) is 5.91 Å². The summed E-state index contributed by atoms with van der Waals surface area (Å²) in [6.07, 6.45) is -4.82. The molecule has 3 rings (SSSR count). The molecule has 1 aromatic heterocycles. The number of fused-ring (bicyclic) bond motifs is 1. The van der Waals surface area contributed by atoms with Crippen LogP contribution in [0.5, 0.6) is 5.75 Å². The normalized spacial score (nSPS) is 18.0. The first-order chi connectivity index (χ1) is 12.6. The van der Waals surface area contributed by atoms with Crippen LogP contribution in [0.3, 0.4) is 0 Å². The number of hydroxylamine groups is 1. The number of thiophene rings is 1. The Balaban J connectivity index is 1.93. The van der Waals surface area contributed by atoms with Gasteiger partial charge in [-0.15, -0.1) is 24.5 Å². The van der Waals surface area contributed by atoms with Crippen molar-refractivity contribution in [3.63, 3.8) is 0 Å². The molecular weight excluding hydrogens is 409 g/mol. The van der Waals surface area contributed by atoms with Crippen molar-refractivity contribution in [1.29, 1.82) is 0 Å². The van der Waals surface area contributed by atoms with Gasteiger partial charge >= 0.3 is 6.36 Å². The highest BCUT2D eigenvalue weighted by atomic mass is 32.2. The van der Waals surface area contributed by atoms with Crippen LogP contribution in [0.1, 0.15) is 10.4 Å². The molecule has 0 spiro atoms. The second kappa shape index (κ2) is 7.11. The molecule has 27 heavy (non-hydrogen) atoms. The number of alkyl halides is 3. The first kappa shape index (κ1) is 19.6. The van der Waals surface area contributed by atoms with Crippen LogP contribution in [-0.2, 0) is 27.8 Å². The molecule has 12 heteroatoms. The molecular formula is C15H13F3N2O5S2. The van der Waals surface area contributed by atoms with Crippen LogP contribution in [0.25, 0.3) is 0 Å². The number of nitrogens with one attached hydrogen (secondary N) is 1. The molecule has 2 N–H and O–H groups in total. The third kappa shape index (κ3) is 4.08. The highest BCUT2D eigenvalue weighted by Crippen LogP contribution is 2.33. The Morgan fingerprint density at radius 3 is 2.52 bits per heavy atom. The third-order valence-corrected chi connectivity index (χ3v) is 6.82. The summed E-state index contributed by atoms with van der Waals surface area (Å²) in [7, 11) is -4.22. The van der Waals surface area contributed by atoms with Gasteiger partial charge in [-0.25, -0.2) is 13.9 Å². The van der Waals surface area contributed by atoms with E-state index in [9.17, 15) is 26.4 Å². The van der Waals surface area contributed by atoms with Gasteiger partial charge < -0.3 is 4.74 Å². The van der Waals surface area contributed by atoms with Gasteiger partial charge in [0.1, 0.15) is 11.8 Å². The summed E-state index contributed by atoms with van der Waals surface area (Å²) in [6, 6.07) is 4.23. The van der Waals surface area contributed by atoms with Crippen molar-refractivity contribution in [3.05, 3.63) is 46.2 Å². The average molecular weight is 422 g/mol. The van der Waals surface area contributed by atoms with E-state index in [0.29, 0.717) is 0 Å². The number of hydrogen-bond acceptors (Lipinski definition) is 6. The van der Waals surface area contributed by atoms with Crippen molar-refractivity contribution in [3.8, 4) is 5.75 Å². The highest BCUT2D eigenvalue weighted by molar-refractivity contribution is 7.89. The Hall–Kier alpha value is -2.15. The van der Waals surface area contributed by atoms with E-state index in [4.69, 9.17) is 5.21 Å². The first-order valence-electron chi connectivity index (χ1n) is 7.48. The molecule has 0 bridgehead atoms. The minimum absolute atomic E-state index is 0.0773. The van der Waals surface area contributed by atoms with E-state index in [0.717, 1.165) is 39.0 Å². The fourth-order valence-electron chi connectivity index (χ4n) is 2.74. The lowest BCUT2D eigenvalue weighted by atomic mass is 10.0. The number of benzene rings is 1. The van der Waals surface area contributed by atoms with E-state index >= 15 is 0 Å². The molecule has 0 radical (unpaired) electrons. The van der Waals surface area contributed by atoms with E-state index in [1.807, 2.05) is 0 Å². The molecule has 0 aliphatic carbocycles. The molecule has 0 saturated carbocycles. The number of carbonyl (C=O) groups excluding carboxylic acids is 1. The number of sulfonamides is 1. The molecule has 1 aliphatic rings. The van der Waals surface area contributed by atoms with Gasteiger partial charge in [-0.05, 0) is 41.3 Å². The lowest BCUT2D eigenvalue weighted by Gasteiger charge is -2.33. The van der Waals surface area contributed by atoms with Gasteiger partial charge in [0.2, 0.25) is 10.0 Å². The Morgan fingerprint density at radius 2 is 1.93 bits per heavy atom. The quantitative estimate of drug-likeness (QED) is 0.582. The molecule has 1 aromatic carbocycles. The van der Waals surface area contributed by atoms with Gasteiger partial charge in [0.05, 0.1) is 4.90 Å². The molecule has 146 valence electrons. The van der Waals surface area contributed by atoms with Gasteiger partial charge in [-0.2, -0.15) is 4.31 Å². The first-order valence-corrected chi connectivity index (χ1v) is 9.80. The summed E-state index contributed by atoms with van der Waals surface area (Å²) in [4.78, 5) is 12.5. The fraction of sp³-hybridized carbons (Fsp3) is 0.267. The van der Waals surface area contributed by atoms with Crippen molar-refractivity contribution in [2.75, 3.05) is 0 Å². The topological polar surface area (TPSA) is 95.9 Å². The molecule has 2 heterocycles. The van der Waals surface area contributed by atoms with Gasteiger partial charge in [-0.3, -0.25) is 10.0 Å². The summed E-state index contributed by atoms with van der Waals surface area (Å²) in [5.41, 5.74) is 2.19. The summed E-state index contributed by atoms with van der Waals surface area (Å²) >= 11 is 1.37. The molecule has 7 nitrogen and oxygen atoms in total. The van der Waals surface area contributed by atoms with Crippen LogP contribution in [0.15, 0.2) is 40.6 Å². The number of ether oxygens (including phenoxy) is 1. The van der Waals surface area contributed by atoms with Crippen LogP contribution < -0.4 is 10.2 Å². The molecule has 1 aliphatic heterocycles. The minimum Gasteiger partial charge on any atom is -0.406 e.